The third-order valence-electron chi connectivity index (χ3n) is 3.10. The molecule has 6 heteroatoms. The third kappa shape index (κ3) is 3.08. The van der Waals surface area contributed by atoms with Crippen molar-refractivity contribution in [2.45, 2.75) is 26.3 Å². The van der Waals surface area contributed by atoms with Crippen LogP contribution in [0.5, 0.6) is 0 Å². The molecule has 0 saturated heterocycles. The fraction of sp³-hybridized carbons (Fsp3) is 0.615. The average molecular weight is 282 g/mol. The van der Waals surface area contributed by atoms with Crippen molar-refractivity contribution in [1.82, 2.24) is 9.38 Å². The summed E-state index contributed by atoms with van der Waals surface area (Å²) in [6.07, 6.45) is 2.90. The fourth-order valence-corrected chi connectivity index (χ4v) is 2.91. The van der Waals surface area contributed by atoms with E-state index in [0.29, 0.717) is 6.61 Å². The van der Waals surface area contributed by atoms with Gasteiger partial charge in [-0.25, -0.2) is 4.98 Å². The predicted octanol–water partition coefficient (Wildman–Crippen LogP) is 1.76. The largest absolute Gasteiger partial charge is 0.383 e. The first-order valence-electron chi connectivity index (χ1n) is 6.61. The van der Waals surface area contributed by atoms with Crippen LogP contribution < -0.4 is 10.6 Å². The molecule has 5 nitrogen and oxygen atoms in total. The van der Waals surface area contributed by atoms with Crippen molar-refractivity contribution >= 4 is 22.1 Å². The molecule has 0 aliphatic heterocycles. The number of likely N-dealkylation sites (N-methyl/N-ethyl adjacent to an activating group) is 1. The maximum absolute atomic E-state index is 5.97. The van der Waals surface area contributed by atoms with Crippen LogP contribution in [0, 0.1) is 0 Å². The molecule has 0 spiro atoms. The number of hydrogen-bond donors (Lipinski definition) is 1. The molecule has 1 unspecified atom stereocenters. The molecule has 0 bridgehead atoms. The van der Waals surface area contributed by atoms with E-state index >= 15 is 0 Å². The van der Waals surface area contributed by atoms with Gasteiger partial charge in [-0.05, 0) is 13.8 Å². The van der Waals surface area contributed by atoms with Crippen molar-refractivity contribution in [2.24, 2.45) is 5.73 Å². The van der Waals surface area contributed by atoms with Crippen LogP contribution in [0.25, 0.3) is 4.96 Å². The van der Waals surface area contributed by atoms with Crippen LogP contribution in [-0.2, 0) is 11.2 Å². The van der Waals surface area contributed by atoms with Gasteiger partial charge in [-0.1, -0.05) is 0 Å². The number of aromatic nitrogens is 2. The van der Waals surface area contributed by atoms with E-state index in [1.807, 2.05) is 6.92 Å². The first-order chi connectivity index (χ1) is 9.17. The fourth-order valence-electron chi connectivity index (χ4n) is 2.18. The summed E-state index contributed by atoms with van der Waals surface area (Å²) in [5.41, 5.74) is 7.17. The average Bonchev–Trinajstić information content (AvgIpc) is 2.93. The van der Waals surface area contributed by atoms with Crippen molar-refractivity contribution in [3.8, 4) is 0 Å². The minimum Gasteiger partial charge on any atom is -0.383 e. The van der Waals surface area contributed by atoms with Gasteiger partial charge in [-0.2, -0.15) is 0 Å². The lowest BCUT2D eigenvalue weighted by Crippen LogP contribution is -2.29. The first kappa shape index (κ1) is 14.3. The van der Waals surface area contributed by atoms with E-state index in [1.165, 1.54) is 5.69 Å². The summed E-state index contributed by atoms with van der Waals surface area (Å²) in [4.78, 5) is 8.03. The Balaban J connectivity index is 2.36. The summed E-state index contributed by atoms with van der Waals surface area (Å²) in [5, 5.41) is 2.06. The van der Waals surface area contributed by atoms with E-state index in [4.69, 9.17) is 15.5 Å². The molecule has 2 rings (SSSR count). The number of nitrogens with zero attached hydrogens (tertiary/aromatic N) is 3. The smallest absolute Gasteiger partial charge is 0.195 e. The van der Waals surface area contributed by atoms with Crippen molar-refractivity contribution < 1.29 is 4.74 Å². The number of hydrogen-bond acceptors (Lipinski definition) is 5. The van der Waals surface area contributed by atoms with Gasteiger partial charge >= 0.3 is 0 Å². The highest BCUT2D eigenvalue weighted by atomic mass is 32.1. The first-order valence-corrected chi connectivity index (χ1v) is 7.49. The Hall–Kier alpha value is -1.11. The maximum atomic E-state index is 5.97. The summed E-state index contributed by atoms with van der Waals surface area (Å²) in [6.45, 7) is 6.64. The van der Waals surface area contributed by atoms with E-state index in [2.05, 4.69) is 27.8 Å². The van der Waals surface area contributed by atoms with E-state index < -0.39 is 0 Å². The Kier molecular flexibility index (Phi) is 4.79. The molecule has 0 aliphatic carbocycles. The summed E-state index contributed by atoms with van der Waals surface area (Å²) in [5.74, 6) is 1.05. The van der Waals surface area contributed by atoms with Crippen LogP contribution in [0.3, 0.4) is 0 Å². The highest BCUT2D eigenvalue weighted by molar-refractivity contribution is 7.15. The normalized spacial score (nSPS) is 13.1. The van der Waals surface area contributed by atoms with E-state index in [0.717, 1.165) is 30.3 Å². The molecule has 0 fully saturated rings. The molecule has 19 heavy (non-hydrogen) atoms. The summed E-state index contributed by atoms with van der Waals surface area (Å²) in [6, 6.07) is 0.125. The molecule has 2 heterocycles. The van der Waals surface area contributed by atoms with Crippen LogP contribution in [-0.4, -0.2) is 42.2 Å². The Bertz CT molecular complexity index is 520. The Morgan fingerprint density at radius 2 is 2.37 bits per heavy atom. The highest BCUT2D eigenvalue weighted by Gasteiger charge is 2.18. The molecule has 1 atom stereocenters. The van der Waals surface area contributed by atoms with Crippen LogP contribution >= 0.6 is 11.3 Å². The van der Waals surface area contributed by atoms with Gasteiger partial charge in [0.1, 0.15) is 0 Å². The Morgan fingerprint density at radius 3 is 3.00 bits per heavy atom. The Labute approximate surface area is 118 Å². The second kappa shape index (κ2) is 6.36. The van der Waals surface area contributed by atoms with Gasteiger partial charge in [0, 0.05) is 44.2 Å². The van der Waals surface area contributed by atoms with Gasteiger partial charge in [0.05, 0.1) is 12.3 Å². The standard InChI is InChI=1S/C13H22N4OS/c1-4-16(5-7-18-3)12-11(9-10(2)14)17-6-8-19-13(17)15-12/h6,8,10H,4-5,7,9,14H2,1-3H3. The van der Waals surface area contributed by atoms with Gasteiger partial charge in [0.2, 0.25) is 0 Å². The van der Waals surface area contributed by atoms with Crippen molar-refractivity contribution in [3.63, 3.8) is 0 Å². The molecular weight excluding hydrogens is 260 g/mol. The number of anilines is 1. The third-order valence-corrected chi connectivity index (χ3v) is 3.86. The molecule has 2 aromatic heterocycles. The molecule has 0 aromatic carbocycles. The minimum atomic E-state index is 0.125. The lowest BCUT2D eigenvalue weighted by molar-refractivity contribution is 0.205. The van der Waals surface area contributed by atoms with Gasteiger partial charge in [0.15, 0.2) is 10.8 Å². The van der Waals surface area contributed by atoms with Gasteiger partial charge in [-0.3, -0.25) is 4.40 Å². The summed E-state index contributed by atoms with van der Waals surface area (Å²) >= 11 is 1.65. The quantitative estimate of drug-likeness (QED) is 0.841. The predicted molar refractivity (Wildman–Crippen MR) is 80.2 cm³/mol. The second-order valence-electron chi connectivity index (χ2n) is 4.69. The van der Waals surface area contributed by atoms with E-state index in [-0.39, 0.29) is 6.04 Å². The number of rotatable bonds is 7. The van der Waals surface area contributed by atoms with Crippen LogP contribution in [0.15, 0.2) is 11.6 Å². The van der Waals surface area contributed by atoms with Crippen molar-refractivity contribution in [2.75, 3.05) is 31.7 Å². The molecule has 0 amide bonds. The van der Waals surface area contributed by atoms with E-state index in [9.17, 15) is 0 Å². The minimum absolute atomic E-state index is 0.125. The van der Waals surface area contributed by atoms with Gasteiger partial charge < -0.3 is 15.4 Å². The summed E-state index contributed by atoms with van der Waals surface area (Å²) in [7, 11) is 1.72. The zero-order valence-electron chi connectivity index (χ0n) is 11.8. The SMILES string of the molecule is CCN(CCOC)c1nc2sccn2c1CC(C)N. The van der Waals surface area contributed by atoms with Crippen LogP contribution in [0.1, 0.15) is 19.5 Å². The topological polar surface area (TPSA) is 55.8 Å². The molecule has 106 valence electrons. The molecule has 2 N–H and O–H groups in total. The lowest BCUT2D eigenvalue weighted by Gasteiger charge is -2.22. The second-order valence-corrected chi connectivity index (χ2v) is 5.56. The number of thiazole rings is 1. The van der Waals surface area contributed by atoms with Crippen LogP contribution in [0.2, 0.25) is 0 Å². The van der Waals surface area contributed by atoms with E-state index in [1.54, 1.807) is 18.4 Å². The van der Waals surface area contributed by atoms with Gasteiger partial charge in [0.25, 0.3) is 0 Å². The monoisotopic (exact) mass is 282 g/mol. The van der Waals surface area contributed by atoms with Crippen molar-refractivity contribution in [3.05, 3.63) is 17.3 Å². The van der Waals surface area contributed by atoms with Crippen LogP contribution in [0.4, 0.5) is 5.82 Å². The highest BCUT2D eigenvalue weighted by Crippen LogP contribution is 2.25. The maximum Gasteiger partial charge on any atom is 0.195 e. The number of ether oxygens (including phenoxy) is 1. The molecule has 0 radical (unpaired) electrons. The number of nitrogens with two attached hydrogens (primary N) is 1. The molecule has 2 aromatic rings. The Morgan fingerprint density at radius 1 is 1.58 bits per heavy atom. The zero-order chi connectivity index (χ0) is 13.8. The molecule has 0 aliphatic rings. The van der Waals surface area contributed by atoms with Gasteiger partial charge in [-0.15, -0.1) is 11.3 Å². The molecule has 0 saturated carbocycles. The summed E-state index contributed by atoms with van der Waals surface area (Å²) < 4.78 is 7.33. The lowest BCUT2D eigenvalue weighted by atomic mass is 10.2. The van der Waals surface area contributed by atoms with Crippen molar-refractivity contribution in [1.29, 1.82) is 0 Å². The molecular formula is C13H22N4OS. The number of imidazole rings is 1. The number of methoxy groups -OCH3 is 1. The number of fused-ring (bicyclic) bond motifs is 1. The zero-order valence-corrected chi connectivity index (χ0v) is 12.6.